The van der Waals surface area contributed by atoms with E-state index in [2.05, 4.69) is 8.37 Å². The van der Waals surface area contributed by atoms with Crippen LogP contribution < -0.4 is 0 Å². The first-order valence-electron chi connectivity index (χ1n) is 4.18. The predicted molar refractivity (Wildman–Crippen MR) is 42.6 cm³/mol. The van der Waals surface area contributed by atoms with Crippen LogP contribution in [0.4, 0.5) is 0 Å². The van der Waals surface area contributed by atoms with E-state index in [4.69, 9.17) is 4.74 Å². The van der Waals surface area contributed by atoms with Crippen molar-refractivity contribution >= 4 is 10.4 Å². The van der Waals surface area contributed by atoms with Gasteiger partial charge in [-0.2, -0.15) is 8.42 Å². The van der Waals surface area contributed by atoms with Gasteiger partial charge >= 0.3 is 10.4 Å². The Bertz CT molecular complexity index is 337. The maximum absolute atomic E-state index is 11.0. The zero-order valence-electron chi connectivity index (χ0n) is 7.38. The Morgan fingerprint density at radius 2 is 1.73 bits per heavy atom. The molecule has 2 aliphatic rings. The van der Waals surface area contributed by atoms with Crippen LogP contribution in [-0.4, -0.2) is 61.1 Å². The zero-order chi connectivity index (χ0) is 11.2. The number of aliphatic hydroxyl groups is 3. The molecule has 0 aromatic rings. The van der Waals surface area contributed by atoms with Gasteiger partial charge in [0.2, 0.25) is 6.29 Å². The van der Waals surface area contributed by atoms with Gasteiger partial charge in [-0.3, -0.25) is 0 Å². The molecule has 0 aromatic heterocycles. The Hall–Kier alpha value is -0.290. The van der Waals surface area contributed by atoms with Crippen LogP contribution >= 0.6 is 0 Å². The quantitative estimate of drug-likeness (QED) is 0.413. The SMILES string of the molecule is O=S1(=O)OC[C@@H]2O[C@@H](O1)[C@@H](O)[C@H](O)[C@@H]2O. The van der Waals surface area contributed by atoms with Crippen LogP contribution in [0, 0.1) is 0 Å². The van der Waals surface area contributed by atoms with Crippen molar-refractivity contribution in [3.05, 3.63) is 0 Å². The first kappa shape index (κ1) is 11.2. The summed E-state index contributed by atoms with van der Waals surface area (Å²) in [4.78, 5) is 0. The van der Waals surface area contributed by atoms with Gasteiger partial charge in [0.05, 0.1) is 6.61 Å². The molecule has 0 aromatic carbocycles. The van der Waals surface area contributed by atoms with Crippen molar-refractivity contribution < 1.29 is 36.8 Å². The van der Waals surface area contributed by atoms with Gasteiger partial charge in [-0.15, -0.1) is 0 Å². The summed E-state index contributed by atoms with van der Waals surface area (Å²) in [6.07, 6.45) is -7.21. The van der Waals surface area contributed by atoms with Crippen molar-refractivity contribution in [3.63, 3.8) is 0 Å². The van der Waals surface area contributed by atoms with E-state index in [-0.39, 0.29) is 0 Å². The monoisotopic (exact) mass is 242 g/mol. The van der Waals surface area contributed by atoms with E-state index in [1.54, 1.807) is 0 Å². The molecule has 9 heteroatoms. The Morgan fingerprint density at radius 1 is 1.07 bits per heavy atom. The maximum atomic E-state index is 11.0. The molecule has 0 radical (unpaired) electrons. The Morgan fingerprint density at radius 3 is 2.40 bits per heavy atom. The molecule has 2 rings (SSSR count). The average Bonchev–Trinajstić information content (AvgIpc) is 2.30. The van der Waals surface area contributed by atoms with Gasteiger partial charge in [-0.25, -0.2) is 8.37 Å². The normalized spacial score (nSPS) is 49.7. The third-order valence-corrected chi connectivity index (χ3v) is 3.11. The lowest BCUT2D eigenvalue weighted by molar-refractivity contribution is -0.266. The van der Waals surface area contributed by atoms with Crippen molar-refractivity contribution in [2.45, 2.75) is 30.7 Å². The van der Waals surface area contributed by atoms with E-state index < -0.39 is 47.7 Å². The molecule has 2 bridgehead atoms. The Balaban J connectivity index is 2.27. The second-order valence-corrected chi connectivity index (χ2v) is 4.55. The summed E-state index contributed by atoms with van der Waals surface area (Å²) >= 11 is 0. The number of aliphatic hydroxyl groups excluding tert-OH is 3. The number of ether oxygens (including phenoxy) is 1. The minimum atomic E-state index is -4.26. The van der Waals surface area contributed by atoms with Gasteiger partial charge in [0, 0.05) is 0 Å². The molecule has 2 saturated heterocycles. The van der Waals surface area contributed by atoms with E-state index in [0.717, 1.165) is 0 Å². The number of fused-ring (bicyclic) bond motifs is 2. The fourth-order valence-electron chi connectivity index (χ4n) is 1.43. The van der Waals surface area contributed by atoms with Gasteiger partial charge in [-0.1, -0.05) is 0 Å². The fraction of sp³-hybridized carbons (Fsp3) is 1.00. The molecule has 0 saturated carbocycles. The van der Waals surface area contributed by atoms with Gasteiger partial charge in [-0.05, 0) is 0 Å². The lowest BCUT2D eigenvalue weighted by atomic mass is 10.00. The molecule has 0 aliphatic carbocycles. The smallest absolute Gasteiger partial charge is 0.387 e. The molecule has 2 fully saturated rings. The van der Waals surface area contributed by atoms with Gasteiger partial charge in [0.25, 0.3) is 0 Å². The molecule has 2 aliphatic heterocycles. The van der Waals surface area contributed by atoms with Crippen molar-refractivity contribution in [1.29, 1.82) is 0 Å². The number of hydrogen-bond acceptors (Lipinski definition) is 8. The molecule has 5 atom stereocenters. The van der Waals surface area contributed by atoms with Crippen LogP contribution in [0.5, 0.6) is 0 Å². The summed E-state index contributed by atoms with van der Waals surface area (Å²) in [5.41, 5.74) is 0. The number of hydrogen-bond donors (Lipinski definition) is 3. The molecule has 8 nitrogen and oxygen atoms in total. The first-order chi connectivity index (χ1) is 6.91. The third kappa shape index (κ3) is 1.99. The summed E-state index contributed by atoms with van der Waals surface area (Å²) in [5, 5.41) is 28.1. The lowest BCUT2D eigenvalue weighted by Crippen LogP contribution is -2.58. The molecule has 0 spiro atoms. The largest absolute Gasteiger partial charge is 0.402 e. The van der Waals surface area contributed by atoms with Gasteiger partial charge < -0.3 is 20.1 Å². The van der Waals surface area contributed by atoms with Crippen LogP contribution in [-0.2, 0) is 23.5 Å². The standard InChI is InChI=1S/C6H10O8S/c7-3-2-1-12-15(10,11)14-6(13-2)5(9)4(3)8/h2-9H,1H2/t2-,3+,4+,5-,6-/m0/s1. The lowest BCUT2D eigenvalue weighted by Gasteiger charge is -2.36. The topological polar surface area (TPSA) is 123 Å². The summed E-state index contributed by atoms with van der Waals surface area (Å²) in [5.74, 6) is 0. The van der Waals surface area contributed by atoms with E-state index in [9.17, 15) is 23.7 Å². The minimum Gasteiger partial charge on any atom is -0.387 e. The highest BCUT2D eigenvalue weighted by Crippen LogP contribution is 2.26. The molecular formula is C6H10O8S. The Labute approximate surface area is 85.3 Å². The molecule has 3 N–H and O–H groups in total. The van der Waals surface area contributed by atoms with Crippen molar-refractivity contribution in [1.82, 2.24) is 0 Å². The van der Waals surface area contributed by atoms with E-state index in [1.807, 2.05) is 0 Å². The zero-order valence-corrected chi connectivity index (χ0v) is 8.20. The molecule has 15 heavy (non-hydrogen) atoms. The first-order valence-corrected chi connectivity index (χ1v) is 5.51. The van der Waals surface area contributed by atoms with E-state index >= 15 is 0 Å². The van der Waals surface area contributed by atoms with Crippen molar-refractivity contribution in [2.75, 3.05) is 6.61 Å². The van der Waals surface area contributed by atoms with Crippen molar-refractivity contribution in [2.24, 2.45) is 0 Å². The van der Waals surface area contributed by atoms with Gasteiger partial charge in [0.1, 0.15) is 24.4 Å². The second-order valence-electron chi connectivity index (χ2n) is 3.30. The highest BCUT2D eigenvalue weighted by molar-refractivity contribution is 7.81. The molecule has 88 valence electrons. The summed E-state index contributed by atoms with van der Waals surface area (Å²) in [6.45, 7) is -0.468. The molecule has 0 amide bonds. The molecular weight excluding hydrogens is 232 g/mol. The predicted octanol–water partition coefficient (Wildman–Crippen LogP) is -2.91. The molecule has 2 heterocycles. The summed E-state index contributed by atoms with van der Waals surface area (Å²) < 4.78 is 35.5. The summed E-state index contributed by atoms with van der Waals surface area (Å²) in [7, 11) is -4.26. The maximum Gasteiger partial charge on any atom is 0.402 e. The van der Waals surface area contributed by atoms with Gasteiger partial charge in [0.15, 0.2) is 0 Å². The van der Waals surface area contributed by atoms with Crippen LogP contribution in [0.2, 0.25) is 0 Å². The average molecular weight is 242 g/mol. The minimum absolute atomic E-state index is 0.468. The second kappa shape index (κ2) is 3.63. The Kier molecular flexibility index (Phi) is 2.71. The van der Waals surface area contributed by atoms with Crippen LogP contribution in [0.1, 0.15) is 0 Å². The van der Waals surface area contributed by atoms with Crippen LogP contribution in [0.15, 0.2) is 0 Å². The highest BCUT2D eigenvalue weighted by atomic mass is 32.3. The molecule has 0 unspecified atom stereocenters. The van der Waals surface area contributed by atoms with E-state index in [1.165, 1.54) is 0 Å². The fourth-order valence-corrected chi connectivity index (χ4v) is 2.18. The van der Waals surface area contributed by atoms with Crippen LogP contribution in [0.3, 0.4) is 0 Å². The van der Waals surface area contributed by atoms with Crippen molar-refractivity contribution in [3.8, 4) is 0 Å². The summed E-state index contributed by atoms with van der Waals surface area (Å²) in [6, 6.07) is 0. The number of rotatable bonds is 0. The van der Waals surface area contributed by atoms with E-state index in [0.29, 0.717) is 0 Å². The third-order valence-electron chi connectivity index (χ3n) is 2.26. The van der Waals surface area contributed by atoms with Crippen LogP contribution in [0.25, 0.3) is 0 Å². The highest BCUT2D eigenvalue weighted by Gasteiger charge is 2.48.